The highest BCUT2D eigenvalue weighted by Crippen LogP contribution is 2.43. The predicted octanol–water partition coefficient (Wildman–Crippen LogP) is 4.58. The van der Waals surface area contributed by atoms with E-state index in [1.807, 2.05) is 42.6 Å². The van der Waals surface area contributed by atoms with E-state index in [9.17, 15) is 9.59 Å². The number of H-pyrrole nitrogens is 1. The number of methoxy groups -OCH3 is 2. The first-order valence-electron chi connectivity index (χ1n) is 13.2. The second-order valence-electron chi connectivity index (χ2n) is 9.97. The van der Waals surface area contributed by atoms with Crippen LogP contribution in [0.25, 0.3) is 33.0 Å². The fraction of sp³-hybridized carbons (Fsp3) is 0.333. The molecule has 2 amide bonds. The summed E-state index contributed by atoms with van der Waals surface area (Å²) in [6.07, 6.45) is 8.59. The number of rotatable bonds is 8. The van der Waals surface area contributed by atoms with Crippen molar-refractivity contribution < 1.29 is 19.1 Å². The molecule has 196 valence electrons. The number of hydrogen-bond donors (Lipinski definition) is 2. The lowest BCUT2D eigenvalue weighted by molar-refractivity contribution is -0.122. The summed E-state index contributed by atoms with van der Waals surface area (Å²) in [6, 6.07) is 11.6. The van der Waals surface area contributed by atoms with Crippen LogP contribution in [0.2, 0.25) is 0 Å². The molecule has 2 aliphatic rings. The van der Waals surface area contributed by atoms with Crippen LogP contribution in [0.4, 0.5) is 0 Å². The van der Waals surface area contributed by atoms with Crippen LogP contribution in [0.1, 0.15) is 36.8 Å². The van der Waals surface area contributed by atoms with Gasteiger partial charge in [-0.2, -0.15) is 0 Å². The number of nitrogens with zero attached hydrogens (tertiary/aromatic N) is 2. The number of hydrogen-bond acceptors (Lipinski definition) is 5. The molecular formula is C30H32N4O4. The maximum Gasteiger partial charge on any atom is 0.259 e. The third kappa shape index (κ3) is 4.05. The van der Waals surface area contributed by atoms with Gasteiger partial charge in [-0.15, -0.1) is 0 Å². The van der Waals surface area contributed by atoms with Crippen LogP contribution in [0, 0.1) is 0 Å². The molecule has 1 fully saturated rings. The molecule has 2 N–H and O–H groups in total. The Bertz CT molecular complexity index is 1570. The Hall–Kier alpha value is -4.04. The number of likely N-dealkylation sites (tertiary alicyclic amines) is 1. The van der Waals surface area contributed by atoms with Gasteiger partial charge < -0.3 is 23.9 Å². The Labute approximate surface area is 221 Å². The first kappa shape index (κ1) is 24.3. The number of imide groups is 1. The van der Waals surface area contributed by atoms with Crippen LogP contribution in [-0.2, 0) is 16.1 Å². The number of nitrogens with one attached hydrogen (secondary N) is 2. The Morgan fingerprint density at radius 3 is 2.37 bits per heavy atom. The van der Waals surface area contributed by atoms with E-state index < -0.39 is 5.91 Å². The van der Waals surface area contributed by atoms with Gasteiger partial charge >= 0.3 is 0 Å². The lowest BCUT2D eigenvalue weighted by atomic mass is 9.95. The molecule has 8 heteroatoms. The number of aromatic nitrogens is 2. The molecule has 0 bridgehead atoms. The van der Waals surface area contributed by atoms with Crippen LogP contribution in [0.5, 0.6) is 11.5 Å². The maximum atomic E-state index is 13.3. The molecule has 6 rings (SSSR count). The summed E-state index contributed by atoms with van der Waals surface area (Å²) in [7, 11) is 3.25. The minimum atomic E-state index is -0.391. The number of benzene rings is 2. The highest BCUT2D eigenvalue weighted by molar-refractivity contribution is 6.50. The third-order valence-electron chi connectivity index (χ3n) is 7.76. The summed E-state index contributed by atoms with van der Waals surface area (Å²) >= 11 is 0. The van der Waals surface area contributed by atoms with Gasteiger partial charge in [0.15, 0.2) is 11.5 Å². The largest absolute Gasteiger partial charge is 0.493 e. The summed E-state index contributed by atoms with van der Waals surface area (Å²) in [5, 5.41) is 4.28. The molecule has 38 heavy (non-hydrogen) atoms. The van der Waals surface area contributed by atoms with E-state index in [0.29, 0.717) is 33.8 Å². The molecule has 0 radical (unpaired) electrons. The number of fused-ring (bicyclic) bond motifs is 2. The smallest absolute Gasteiger partial charge is 0.259 e. The zero-order chi connectivity index (χ0) is 26.2. The molecule has 2 aromatic carbocycles. The lowest BCUT2D eigenvalue weighted by Gasteiger charge is -2.26. The number of piperidine rings is 1. The van der Waals surface area contributed by atoms with Crippen molar-refractivity contribution in [2.24, 2.45) is 0 Å². The summed E-state index contributed by atoms with van der Waals surface area (Å²) in [5.74, 6) is 0.464. The summed E-state index contributed by atoms with van der Waals surface area (Å²) in [6.45, 7) is 4.07. The van der Waals surface area contributed by atoms with Gasteiger partial charge in [0.1, 0.15) is 0 Å². The van der Waals surface area contributed by atoms with Gasteiger partial charge in [-0.05, 0) is 57.1 Å². The van der Waals surface area contributed by atoms with Gasteiger partial charge in [0, 0.05) is 46.4 Å². The number of aromatic amines is 1. The Kier molecular flexibility index (Phi) is 6.41. The molecule has 4 heterocycles. The Morgan fingerprint density at radius 1 is 0.842 bits per heavy atom. The molecule has 2 aromatic heterocycles. The summed E-state index contributed by atoms with van der Waals surface area (Å²) in [4.78, 5) is 32.2. The normalized spacial score (nSPS) is 16.6. The number of amides is 2. The average Bonchev–Trinajstić information content (AvgIpc) is 3.61. The highest BCUT2D eigenvalue weighted by atomic mass is 16.5. The van der Waals surface area contributed by atoms with E-state index in [-0.39, 0.29) is 5.91 Å². The summed E-state index contributed by atoms with van der Waals surface area (Å²) in [5.41, 5.74) is 3.96. The van der Waals surface area contributed by atoms with Crippen LogP contribution >= 0.6 is 0 Å². The molecule has 2 aliphatic heterocycles. The number of para-hydroxylation sites is 1. The van der Waals surface area contributed by atoms with Crippen molar-refractivity contribution in [3.8, 4) is 11.5 Å². The minimum Gasteiger partial charge on any atom is -0.493 e. The van der Waals surface area contributed by atoms with Crippen molar-refractivity contribution in [1.29, 1.82) is 0 Å². The molecule has 4 aromatic rings. The number of carbonyl (C=O) groups is 2. The van der Waals surface area contributed by atoms with E-state index in [4.69, 9.17) is 9.47 Å². The van der Waals surface area contributed by atoms with Crippen molar-refractivity contribution in [1.82, 2.24) is 19.8 Å². The first-order valence-corrected chi connectivity index (χ1v) is 13.2. The third-order valence-corrected chi connectivity index (χ3v) is 7.76. The molecule has 0 spiro atoms. The zero-order valence-corrected chi connectivity index (χ0v) is 21.8. The highest BCUT2D eigenvalue weighted by Gasteiger charge is 2.35. The number of carbonyl (C=O) groups excluding carboxylic acids is 2. The number of ether oxygens (including phenoxy) is 2. The molecule has 0 saturated carbocycles. The Morgan fingerprint density at radius 2 is 1.61 bits per heavy atom. The van der Waals surface area contributed by atoms with Crippen molar-refractivity contribution in [2.75, 3.05) is 33.9 Å². The first-order chi connectivity index (χ1) is 18.6. The van der Waals surface area contributed by atoms with Gasteiger partial charge in [0.25, 0.3) is 11.8 Å². The molecule has 0 unspecified atom stereocenters. The van der Waals surface area contributed by atoms with E-state index in [2.05, 4.69) is 19.8 Å². The fourth-order valence-corrected chi connectivity index (χ4v) is 5.97. The van der Waals surface area contributed by atoms with E-state index in [1.54, 1.807) is 20.4 Å². The maximum absolute atomic E-state index is 13.3. The standard InChI is InChI=1S/C30H32N4O4/c1-37-24-12-11-20-22(18-34(27(20)28(24)38-2)16-8-15-33-13-6-3-7-14-33)26-25(29(35)32-30(26)36)21-17-31-23-10-5-4-9-19(21)23/h4-5,9-12,17-18,31H,3,6-8,13-16H2,1-2H3,(H,32,35,36). The minimum absolute atomic E-state index is 0.381. The van der Waals surface area contributed by atoms with Crippen LogP contribution in [0.15, 0.2) is 48.8 Å². The van der Waals surface area contributed by atoms with Crippen LogP contribution in [-0.4, -0.2) is 60.1 Å². The second kappa shape index (κ2) is 10.0. The van der Waals surface area contributed by atoms with Gasteiger partial charge in [0.05, 0.1) is 30.9 Å². The van der Waals surface area contributed by atoms with Gasteiger partial charge in [-0.3, -0.25) is 14.9 Å². The van der Waals surface area contributed by atoms with Crippen molar-refractivity contribution >= 4 is 44.8 Å². The van der Waals surface area contributed by atoms with Crippen molar-refractivity contribution in [3.05, 3.63) is 59.9 Å². The van der Waals surface area contributed by atoms with Crippen molar-refractivity contribution in [3.63, 3.8) is 0 Å². The molecule has 0 aliphatic carbocycles. The quantitative estimate of drug-likeness (QED) is 0.338. The molecule has 8 nitrogen and oxygen atoms in total. The zero-order valence-electron chi connectivity index (χ0n) is 21.8. The Balaban J connectivity index is 1.50. The predicted molar refractivity (Wildman–Crippen MR) is 148 cm³/mol. The van der Waals surface area contributed by atoms with Crippen molar-refractivity contribution in [2.45, 2.75) is 32.2 Å². The average molecular weight is 513 g/mol. The van der Waals surface area contributed by atoms with Crippen LogP contribution in [0.3, 0.4) is 0 Å². The second-order valence-corrected chi connectivity index (χ2v) is 9.97. The lowest BCUT2D eigenvalue weighted by Crippen LogP contribution is -2.31. The van der Waals surface area contributed by atoms with Crippen LogP contribution < -0.4 is 14.8 Å². The monoisotopic (exact) mass is 512 g/mol. The number of aryl methyl sites for hydroxylation is 1. The SMILES string of the molecule is COc1ccc2c(C3=C(c4c[nH]c5ccccc45)C(=O)NC3=O)cn(CCCN3CCCCC3)c2c1OC. The van der Waals surface area contributed by atoms with E-state index in [1.165, 1.54) is 19.3 Å². The van der Waals surface area contributed by atoms with Gasteiger partial charge in [-0.25, -0.2) is 0 Å². The van der Waals surface area contributed by atoms with Gasteiger partial charge in [0.2, 0.25) is 0 Å². The topological polar surface area (TPSA) is 88.6 Å². The molecule has 0 atom stereocenters. The molecule has 1 saturated heterocycles. The summed E-state index contributed by atoms with van der Waals surface area (Å²) < 4.78 is 13.6. The fourth-order valence-electron chi connectivity index (χ4n) is 5.97. The van der Waals surface area contributed by atoms with E-state index in [0.717, 1.165) is 54.4 Å². The van der Waals surface area contributed by atoms with E-state index >= 15 is 0 Å². The van der Waals surface area contributed by atoms with Gasteiger partial charge in [-0.1, -0.05) is 24.6 Å². The molecular weight excluding hydrogens is 480 g/mol.